The summed E-state index contributed by atoms with van der Waals surface area (Å²) in [5.41, 5.74) is 5.07. The Labute approximate surface area is 164 Å². The third kappa shape index (κ3) is 3.51. The quantitative estimate of drug-likeness (QED) is 0.579. The van der Waals surface area contributed by atoms with E-state index in [2.05, 4.69) is 22.5 Å². The van der Waals surface area contributed by atoms with Gasteiger partial charge in [-0.1, -0.05) is 60.7 Å². The molecule has 2 aromatic heterocycles. The van der Waals surface area contributed by atoms with Crippen molar-refractivity contribution in [3.63, 3.8) is 0 Å². The summed E-state index contributed by atoms with van der Waals surface area (Å²) in [5.74, 6) is -0.100. The summed E-state index contributed by atoms with van der Waals surface area (Å²) in [7, 11) is 1.86. The second-order valence-electron chi connectivity index (χ2n) is 6.82. The molecule has 5 nitrogen and oxygen atoms in total. The molecule has 0 atom stereocenters. The lowest BCUT2D eigenvalue weighted by molar-refractivity contribution is 0.0955. The second-order valence-corrected chi connectivity index (χ2v) is 6.82. The molecule has 4 aromatic rings. The first kappa shape index (κ1) is 17.9. The number of nitrogens with zero attached hydrogens (tertiary/aromatic N) is 3. The average molecular weight is 370 g/mol. The van der Waals surface area contributed by atoms with Crippen LogP contribution in [-0.4, -0.2) is 27.2 Å². The fourth-order valence-corrected chi connectivity index (χ4v) is 3.44. The molecule has 2 heterocycles. The largest absolute Gasteiger partial charge is 0.352 e. The second kappa shape index (κ2) is 7.64. The molecule has 28 heavy (non-hydrogen) atoms. The first-order valence-corrected chi connectivity index (χ1v) is 9.35. The number of carbonyl (C=O) groups excluding carboxylic acids is 1. The smallest absolute Gasteiger partial charge is 0.252 e. The number of aryl methyl sites for hydroxylation is 2. The normalized spacial score (nSPS) is 10.9. The van der Waals surface area contributed by atoms with E-state index in [4.69, 9.17) is 4.98 Å². The van der Waals surface area contributed by atoms with E-state index < -0.39 is 0 Å². The van der Waals surface area contributed by atoms with Crippen molar-refractivity contribution in [3.8, 4) is 11.3 Å². The van der Waals surface area contributed by atoms with Gasteiger partial charge in [0.2, 0.25) is 0 Å². The van der Waals surface area contributed by atoms with Crippen LogP contribution < -0.4 is 5.32 Å². The van der Waals surface area contributed by atoms with E-state index in [0.717, 1.165) is 28.8 Å². The number of nitrogens with one attached hydrogen (secondary N) is 1. The molecular formula is C23H22N4O. The topological polar surface area (TPSA) is 59.8 Å². The Morgan fingerprint density at radius 3 is 2.43 bits per heavy atom. The van der Waals surface area contributed by atoms with Gasteiger partial charge in [-0.2, -0.15) is 5.10 Å². The highest BCUT2D eigenvalue weighted by molar-refractivity contribution is 6.07. The van der Waals surface area contributed by atoms with Gasteiger partial charge in [0.25, 0.3) is 5.91 Å². The van der Waals surface area contributed by atoms with Gasteiger partial charge in [0.05, 0.1) is 22.3 Å². The Hall–Kier alpha value is -3.47. The summed E-state index contributed by atoms with van der Waals surface area (Å²) in [5, 5.41) is 8.33. The molecule has 0 aliphatic heterocycles. The van der Waals surface area contributed by atoms with Crippen molar-refractivity contribution in [2.24, 2.45) is 7.05 Å². The molecule has 1 N–H and O–H groups in total. The van der Waals surface area contributed by atoms with E-state index >= 15 is 0 Å². The maximum absolute atomic E-state index is 13.0. The van der Waals surface area contributed by atoms with Crippen molar-refractivity contribution in [1.82, 2.24) is 20.1 Å². The maximum Gasteiger partial charge on any atom is 0.252 e. The summed E-state index contributed by atoms with van der Waals surface area (Å²) < 4.78 is 1.73. The molecule has 0 bridgehead atoms. The van der Waals surface area contributed by atoms with Crippen molar-refractivity contribution in [2.75, 3.05) is 6.54 Å². The summed E-state index contributed by atoms with van der Waals surface area (Å²) >= 11 is 0. The predicted molar refractivity (Wildman–Crippen MR) is 111 cm³/mol. The van der Waals surface area contributed by atoms with Gasteiger partial charge in [-0.25, -0.2) is 4.98 Å². The lowest BCUT2D eigenvalue weighted by Gasteiger charge is -2.09. The van der Waals surface area contributed by atoms with Crippen molar-refractivity contribution in [2.45, 2.75) is 13.3 Å². The van der Waals surface area contributed by atoms with Crippen molar-refractivity contribution in [1.29, 1.82) is 0 Å². The van der Waals surface area contributed by atoms with E-state index in [1.165, 1.54) is 5.56 Å². The molecule has 0 saturated heterocycles. The molecule has 0 saturated carbocycles. The van der Waals surface area contributed by atoms with Gasteiger partial charge >= 0.3 is 0 Å². The highest BCUT2D eigenvalue weighted by Gasteiger charge is 2.19. The number of amides is 1. The van der Waals surface area contributed by atoms with Crippen LogP contribution in [0.3, 0.4) is 0 Å². The minimum atomic E-state index is -0.100. The van der Waals surface area contributed by atoms with Gasteiger partial charge in [0.15, 0.2) is 5.65 Å². The monoisotopic (exact) mass is 370 g/mol. The van der Waals surface area contributed by atoms with Crippen LogP contribution in [0.1, 0.15) is 21.6 Å². The summed E-state index contributed by atoms with van der Waals surface area (Å²) in [4.78, 5) is 17.8. The third-order valence-corrected chi connectivity index (χ3v) is 4.82. The number of pyridine rings is 1. The van der Waals surface area contributed by atoms with Gasteiger partial charge in [0.1, 0.15) is 0 Å². The Morgan fingerprint density at radius 2 is 1.71 bits per heavy atom. The first-order chi connectivity index (χ1) is 13.6. The predicted octanol–water partition coefficient (Wildman–Crippen LogP) is 3.92. The zero-order chi connectivity index (χ0) is 19.5. The van der Waals surface area contributed by atoms with Gasteiger partial charge < -0.3 is 5.32 Å². The van der Waals surface area contributed by atoms with Crippen molar-refractivity contribution < 1.29 is 4.79 Å². The van der Waals surface area contributed by atoms with Crippen LogP contribution >= 0.6 is 0 Å². The maximum atomic E-state index is 13.0. The van der Waals surface area contributed by atoms with E-state index in [0.29, 0.717) is 17.8 Å². The van der Waals surface area contributed by atoms with Gasteiger partial charge in [0, 0.05) is 19.2 Å². The number of fused-ring (bicyclic) bond motifs is 1. The summed E-state index contributed by atoms with van der Waals surface area (Å²) in [6.07, 6.45) is 0.790. The Balaban J connectivity index is 1.67. The standard InChI is InChI=1S/C23H22N4O/c1-16-21-19(23(28)24-14-13-17-9-5-3-6-10-17)15-20(18-11-7-4-8-12-18)25-22(21)27(2)26-16/h3-12,15H,13-14H2,1-2H3,(H,24,28). The molecule has 0 fully saturated rings. The number of rotatable bonds is 5. The Bertz CT molecular complexity index is 1120. The van der Waals surface area contributed by atoms with Gasteiger partial charge in [-0.05, 0) is 25.0 Å². The lowest BCUT2D eigenvalue weighted by Crippen LogP contribution is -2.26. The van der Waals surface area contributed by atoms with E-state index in [-0.39, 0.29) is 5.91 Å². The number of hydrogen-bond donors (Lipinski definition) is 1. The van der Waals surface area contributed by atoms with E-state index in [1.807, 2.05) is 68.6 Å². The Kier molecular flexibility index (Phi) is 4.89. The zero-order valence-electron chi connectivity index (χ0n) is 16.0. The SMILES string of the molecule is Cc1nn(C)c2nc(-c3ccccc3)cc(C(=O)NCCc3ccccc3)c12. The molecule has 0 unspecified atom stereocenters. The van der Waals surface area contributed by atoms with Crippen LogP contribution in [0.5, 0.6) is 0 Å². The molecule has 0 aliphatic rings. The average Bonchev–Trinajstić information content (AvgIpc) is 3.02. The highest BCUT2D eigenvalue weighted by atomic mass is 16.1. The van der Waals surface area contributed by atoms with Crippen LogP contribution in [0.15, 0.2) is 66.7 Å². The number of hydrogen-bond acceptors (Lipinski definition) is 3. The fraction of sp³-hybridized carbons (Fsp3) is 0.174. The number of aromatic nitrogens is 3. The minimum absolute atomic E-state index is 0.100. The van der Waals surface area contributed by atoms with E-state index in [9.17, 15) is 4.79 Å². The Morgan fingerprint density at radius 1 is 1.04 bits per heavy atom. The molecule has 1 amide bonds. The summed E-state index contributed by atoms with van der Waals surface area (Å²) in [6, 6.07) is 21.9. The van der Waals surface area contributed by atoms with Gasteiger partial charge in [-0.3, -0.25) is 9.48 Å². The molecule has 0 spiro atoms. The third-order valence-electron chi connectivity index (χ3n) is 4.82. The molecule has 5 heteroatoms. The van der Waals surface area contributed by atoms with E-state index in [1.54, 1.807) is 4.68 Å². The molecule has 0 radical (unpaired) electrons. The van der Waals surface area contributed by atoms with Gasteiger partial charge in [-0.15, -0.1) is 0 Å². The van der Waals surface area contributed by atoms with Crippen LogP contribution in [-0.2, 0) is 13.5 Å². The molecule has 2 aromatic carbocycles. The van der Waals surface area contributed by atoms with Crippen molar-refractivity contribution >= 4 is 16.9 Å². The fourth-order valence-electron chi connectivity index (χ4n) is 3.44. The molecule has 0 aliphatic carbocycles. The first-order valence-electron chi connectivity index (χ1n) is 9.35. The zero-order valence-corrected chi connectivity index (χ0v) is 16.0. The van der Waals surface area contributed by atoms with Crippen LogP contribution in [0.2, 0.25) is 0 Å². The van der Waals surface area contributed by atoms with Crippen molar-refractivity contribution in [3.05, 3.63) is 83.6 Å². The highest BCUT2D eigenvalue weighted by Crippen LogP contribution is 2.26. The lowest BCUT2D eigenvalue weighted by atomic mass is 10.0. The number of benzene rings is 2. The minimum Gasteiger partial charge on any atom is -0.352 e. The molecule has 140 valence electrons. The summed E-state index contributed by atoms with van der Waals surface area (Å²) in [6.45, 7) is 2.49. The molecular weight excluding hydrogens is 348 g/mol. The molecule has 4 rings (SSSR count). The number of carbonyl (C=O) groups is 1. The van der Waals surface area contributed by atoms with Crippen LogP contribution in [0.25, 0.3) is 22.3 Å². The van der Waals surface area contributed by atoms with Crippen LogP contribution in [0.4, 0.5) is 0 Å². The van der Waals surface area contributed by atoms with Crippen LogP contribution in [0, 0.1) is 6.92 Å².